The van der Waals surface area contributed by atoms with Gasteiger partial charge in [0.2, 0.25) is 0 Å². The van der Waals surface area contributed by atoms with E-state index >= 15 is 0 Å². The molecule has 2 aromatic rings. The summed E-state index contributed by atoms with van der Waals surface area (Å²) >= 11 is 7.26. The molecular formula is C14H13ClFNO2S. The van der Waals surface area contributed by atoms with Crippen LogP contribution in [-0.2, 0) is 0 Å². The number of hydrogen-bond acceptors (Lipinski definition) is 3. The SMILES string of the molecule is CN(CC(O)c1cccs1)C(=O)c1c(F)cccc1Cl. The standard InChI is InChI=1S/C14H13ClFNO2S/c1-17(8-11(18)12-6-3-7-20-12)14(19)13-9(15)4-2-5-10(13)16/h2-7,11,18H,8H2,1H3. The van der Waals surface area contributed by atoms with Crippen molar-refractivity contribution in [1.29, 1.82) is 0 Å². The van der Waals surface area contributed by atoms with Gasteiger partial charge in [0.1, 0.15) is 11.9 Å². The molecule has 0 aliphatic rings. The molecule has 0 radical (unpaired) electrons. The van der Waals surface area contributed by atoms with E-state index in [-0.39, 0.29) is 17.1 Å². The number of carbonyl (C=O) groups is 1. The Morgan fingerprint density at radius 3 is 2.80 bits per heavy atom. The summed E-state index contributed by atoms with van der Waals surface area (Å²) in [6.07, 6.45) is -0.797. The fraction of sp³-hybridized carbons (Fsp3) is 0.214. The first-order chi connectivity index (χ1) is 9.50. The van der Waals surface area contributed by atoms with Crippen molar-refractivity contribution < 1.29 is 14.3 Å². The fourth-order valence-electron chi connectivity index (χ4n) is 1.81. The van der Waals surface area contributed by atoms with Crippen LogP contribution in [0, 0.1) is 5.82 Å². The Labute approximate surface area is 125 Å². The van der Waals surface area contributed by atoms with E-state index < -0.39 is 17.8 Å². The molecule has 0 aliphatic carbocycles. The summed E-state index contributed by atoms with van der Waals surface area (Å²) in [5.74, 6) is -1.22. The van der Waals surface area contributed by atoms with Gasteiger partial charge in [-0.3, -0.25) is 4.79 Å². The third kappa shape index (κ3) is 3.17. The summed E-state index contributed by atoms with van der Waals surface area (Å²) in [5, 5.41) is 11.9. The highest BCUT2D eigenvalue weighted by molar-refractivity contribution is 7.10. The van der Waals surface area contributed by atoms with Gasteiger partial charge in [-0.15, -0.1) is 11.3 Å². The van der Waals surface area contributed by atoms with Gasteiger partial charge in [0, 0.05) is 11.9 Å². The lowest BCUT2D eigenvalue weighted by atomic mass is 10.1. The van der Waals surface area contributed by atoms with Gasteiger partial charge >= 0.3 is 0 Å². The van der Waals surface area contributed by atoms with E-state index in [1.807, 2.05) is 11.4 Å². The van der Waals surface area contributed by atoms with E-state index in [0.717, 1.165) is 4.88 Å². The molecule has 1 heterocycles. The lowest BCUT2D eigenvalue weighted by Crippen LogP contribution is -2.31. The van der Waals surface area contributed by atoms with Crippen molar-refractivity contribution in [2.75, 3.05) is 13.6 Å². The van der Waals surface area contributed by atoms with Crippen molar-refractivity contribution in [2.45, 2.75) is 6.10 Å². The van der Waals surface area contributed by atoms with E-state index in [1.165, 1.54) is 41.5 Å². The predicted molar refractivity (Wildman–Crippen MR) is 77.6 cm³/mol. The van der Waals surface area contributed by atoms with Crippen LogP contribution < -0.4 is 0 Å². The van der Waals surface area contributed by atoms with Crippen LogP contribution in [0.15, 0.2) is 35.7 Å². The van der Waals surface area contributed by atoms with E-state index in [0.29, 0.717) is 0 Å². The summed E-state index contributed by atoms with van der Waals surface area (Å²) in [4.78, 5) is 14.2. The Morgan fingerprint density at radius 2 is 2.20 bits per heavy atom. The molecule has 0 fully saturated rings. The number of halogens is 2. The van der Waals surface area contributed by atoms with Crippen LogP contribution in [-0.4, -0.2) is 29.5 Å². The summed E-state index contributed by atoms with van der Waals surface area (Å²) in [6.45, 7) is 0.0734. The second-order valence-electron chi connectivity index (χ2n) is 4.31. The van der Waals surface area contributed by atoms with Crippen molar-refractivity contribution in [1.82, 2.24) is 4.90 Å². The topological polar surface area (TPSA) is 40.5 Å². The third-order valence-electron chi connectivity index (χ3n) is 2.84. The Bertz CT molecular complexity index is 583. The highest BCUT2D eigenvalue weighted by Crippen LogP contribution is 2.23. The maximum Gasteiger partial charge on any atom is 0.258 e. The second kappa shape index (κ2) is 6.35. The molecule has 20 heavy (non-hydrogen) atoms. The molecule has 106 valence electrons. The number of amides is 1. The van der Waals surface area contributed by atoms with Crippen LogP contribution in [0.5, 0.6) is 0 Å². The minimum atomic E-state index is -0.797. The monoisotopic (exact) mass is 313 g/mol. The van der Waals surface area contributed by atoms with Crippen LogP contribution in [0.2, 0.25) is 5.02 Å². The summed E-state index contributed by atoms with van der Waals surface area (Å²) in [5.41, 5.74) is -0.171. The van der Waals surface area contributed by atoms with Gasteiger partial charge in [0.15, 0.2) is 0 Å². The van der Waals surface area contributed by atoms with Gasteiger partial charge in [-0.25, -0.2) is 4.39 Å². The Hall–Kier alpha value is -1.43. The number of likely N-dealkylation sites (N-methyl/N-ethyl adjacent to an activating group) is 1. The summed E-state index contributed by atoms with van der Waals surface area (Å²) in [6, 6.07) is 7.68. The molecule has 2 rings (SSSR count). The largest absolute Gasteiger partial charge is 0.386 e. The number of hydrogen-bond donors (Lipinski definition) is 1. The highest BCUT2D eigenvalue weighted by atomic mass is 35.5. The van der Waals surface area contributed by atoms with Crippen molar-refractivity contribution in [3.05, 3.63) is 57.0 Å². The molecule has 1 aromatic carbocycles. The first-order valence-electron chi connectivity index (χ1n) is 5.91. The average molecular weight is 314 g/mol. The lowest BCUT2D eigenvalue weighted by molar-refractivity contribution is 0.0681. The van der Waals surface area contributed by atoms with E-state index in [9.17, 15) is 14.3 Å². The molecule has 0 spiro atoms. The quantitative estimate of drug-likeness (QED) is 0.940. The molecule has 6 heteroatoms. The second-order valence-corrected chi connectivity index (χ2v) is 5.70. The average Bonchev–Trinajstić information content (AvgIpc) is 2.92. The molecule has 1 atom stereocenters. The van der Waals surface area contributed by atoms with Crippen LogP contribution in [0.25, 0.3) is 0 Å². The first-order valence-corrected chi connectivity index (χ1v) is 7.17. The Balaban J connectivity index is 2.13. The van der Waals surface area contributed by atoms with Crippen molar-refractivity contribution in [2.24, 2.45) is 0 Å². The van der Waals surface area contributed by atoms with Gasteiger partial charge in [-0.05, 0) is 23.6 Å². The number of thiophene rings is 1. The fourth-order valence-corrected chi connectivity index (χ4v) is 2.75. The molecule has 1 aromatic heterocycles. The van der Waals surface area contributed by atoms with E-state index in [2.05, 4.69) is 0 Å². The molecule has 1 amide bonds. The summed E-state index contributed by atoms with van der Waals surface area (Å²) in [7, 11) is 1.50. The van der Waals surface area contributed by atoms with Gasteiger partial charge < -0.3 is 10.0 Å². The van der Waals surface area contributed by atoms with Crippen molar-refractivity contribution in [3.8, 4) is 0 Å². The van der Waals surface area contributed by atoms with Gasteiger partial charge in [0.25, 0.3) is 5.91 Å². The molecule has 0 saturated heterocycles. The Morgan fingerprint density at radius 1 is 1.45 bits per heavy atom. The molecule has 0 saturated carbocycles. The molecule has 0 aliphatic heterocycles. The first kappa shape index (κ1) is 15.0. The van der Waals surface area contributed by atoms with Crippen LogP contribution in [0.4, 0.5) is 4.39 Å². The normalized spacial score (nSPS) is 12.2. The molecule has 3 nitrogen and oxygen atoms in total. The van der Waals surface area contributed by atoms with Crippen molar-refractivity contribution >= 4 is 28.8 Å². The molecular weight excluding hydrogens is 301 g/mol. The molecule has 1 N–H and O–H groups in total. The van der Waals surface area contributed by atoms with Crippen LogP contribution >= 0.6 is 22.9 Å². The smallest absolute Gasteiger partial charge is 0.258 e. The van der Waals surface area contributed by atoms with E-state index in [4.69, 9.17) is 11.6 Å². The number of aliphatic hydroxyl groups excluding tert-OH is 1. The maximum absolute atomic E-state index is 13.7. The lowest BCUT2D eigenvalue weighted by Gasteiger charge is -2.21. The van der Waals surface area contributed by atoms with Gasteiger partial charge in [-0.1, -0.05) is 23.7 Å². The molecule has 1 unspecified atom stereocenters. The Kier molecular flexibility index (Phi) is 4.75. The highest BCUT2D eigenvalue weighted by Gasteiger charge is 2.22. The predicted octanol–water partition coefficient (Wildman–Crippen LogP) is 3.35. The minimum Gasteiger partial charge on any atom is -0.386 e. The zero-order chi connectivity index (χ0) is 14.7. The number of nitrogens with zero attached hydrogens (tertiary/aromatic N) is 1. The molecule has 0 bridgehead atoms. The van der Waals surface area contributed by atoms with Gasteiger partial charge in [-0.2, -0.15) is 0 Å². The van der Waals surface area contributed by atoms with Crippen LogP contribution in [0.3, 0.4) is 0 Å². The number of carbonyl (C=O) groups excluding carboxylic acids is 1. The zero-order valence-electron chi connectivity index (χ0n) is 10.7. The van der Waals surface area contributed by atoms with Crippen molar-refractivity contribution in [3.63, 3.8) is 0 Å². The summed E-state index contributed by atoms with van der Waals surface area (Å²) < 4.78 is 13.7. The minimum absolute atomic E-state index is 0.0625. The number of benzene rings is 1. The number of rotatable bonds is 4. The zero-order valence-corrected chi connectivity index (χ0v) is 12.3. The number of aliphatic hydroxyl groups is 1. The third-order valence-corrected chi connectivity index (χ3v) is 4.13. The maximum atomic E-state index is 13.7. The van der Waals surface area contributed by atoms with E-state index in [1.54, 1.807) is 6.07 Å². The van der Waals surface area contributed by atoms with Crippen LogP contribution in [0.1, 0.15) is 21.3 Å². The van der Waals surface area contributed by atoms with Gasteiger partial charge in [0.05, 0.1) is 17.1 Å².